The molecule has 0 saturated carbocycles. The van der Waals surface area contributed by atoms with Crippen molar-refractivity contribution in [3.63, 3.8) is 0 Å². The Morgan fingerprint density at radius 2 is 1.63 bits per heavy atom. The quantitative estimate of drug-likeness (QED) is 0.642. The number of nitrogens with zero attached hydrogens (tertiary/aromatic N) is 1. The molecular formula is C24H34N2O. The lowest BCUT2D eigenvalue weighted by atomic mass is 9.96. The molecule has 0 aliphatic heterocycles. The van der Waals surface area contributed by atoms with Crippen LogP contribution in [-0.2, 0) is 11.2 Å². The fourth-order valence-electron chi connectivity index (χ4n) is 3.38. The van der Waals surface area contributed by atoms with Gasteiger partial charge in [0.05, 0.1) is 5.92 Å². The minimum atomic E-state index is -0.181. The molecule has 146 valence electrons. The Kier molecular flexibility index (Phi) is 7.46. The molecule has 0 radical (unpaired) electrons. The van der Waals surface area contributed by atoms with Crippen molar-refractivity contribution in [2.75, 3.05) is 23.3 Å². The fourth-order valence-corrected chi connectivity index (χ4v) is 3.38. The van der Waals surface area contributed by atoms with Crippen LogP contribution >= 0.6 is 0 Å². The number of anilines is 2. The molecule has 1 atom stereocenters. The molecule has 0 aromatic heterocycles. The summed E-state index contributed by atoms with van der Waals surface area (Å²) in [5, 5.41) is 3.10. The van der Waals surface area contributed by atoms with E-state index in [1.165, 1.54) is 11.3 Å². The molecule has 27 heavy (non-hydrogen) atoms. The average Bonchev–Trinajstić information content (AvgIpc) is 2.64. The van der Waals surface area contributed by atoms with Crippen molar-refractivity contribution in [2.24, 2.45) is 5.92 Å². The maximum absolute atomic E-state index is 12.7. The second-order valence-corrected chi connectivity index (χ2v) is 7.72. The molecule has 2 aromatic carbocycles. The molecule has 0 aliphatic carbocycles. The van der Waals surface area contributed by atoms with Gasteiger partial charge in [0.15, 0.2) is 0 Å². The lowest BCUT2D eigenvalue weighted by molar-refractivity contribution is -0.117. The minimum Gasteiger partial charge on any atom is -0.372 e. The van der Waals surface area contributed by atoms with Crippen LogP contribution in [0.4, 0.5) is 11.4 Å². The first-order valence-corrected chi connectivity index (χ1v) is 10.1. The molecule has 2 aromatic rings. The third-order valence-corrected chi connectivity index (χ3v) is 5.11. The summed E-state index contributed by atoms with van der Waals surface area (Å²) in [6, 6.07) is 14.7. The maximum Gasteiger partial charge on any atom is 0.231 e. The summed E-state index contributed by atoms with van der Waals surface area (Å²) in [5.41, 5.74) is 5.55. The van der Waals surface area contributed by atoms with Crippen molar-refractivity contribution in [1.29, 1.82) is 0 Å². The Labute approximate surface area is 164 Å². The number of rotatable bonds is 8. The van der Waals surface area contributed by atoms with Crippen LogP contribution in [-0.4, -0.2) is 19.0 Å². The van der Waals surface area contributed by atoms with Gasteiger partial charge in [-0.15, -0.1) is 0 Å². The highest BCUT2D eigenvalue weighted by molar-refractivity contribution is 5.96. The first-order valence-electron chi connectivity index (χ1n) is 10.1. The Morgan fingerprint density at radius 1 is 1.00 bits per heavy atom. The van der Waals surface area contributed by atoms with Crippen molar-refractivity contribution in [3.05, 3.63) is 59.2 Å². The molecule has 1 amide bonds. The fraction of sp³-hybridized carbons (Fsp3) is 0.458. The van der Waals surface area contributed by atoms with Gasteiger partial charge < -0.3 is 10.2 Å². The van der Waals surface area contributed by atoms with Crippen LogP contribution < -0.4 is 10.2 Å². The van der Waals surface area contributed by atoms with Gasteiger partial charge in [0.25, 0.3) is 0 Å². The van der Waals surface area contributed by atoms with E-state index in [-0.39, 0.29) is 11.8 Å². The molecule has 0 heterocycles. The highest BCUT2D eigenvalue weighted by Crippen LogP contribution is 2.25. The number of benzene rings is 2. The van der Waals surface area contributed by atoms with E-state index in [2.05, 4.69) is 74.3 Å². The summed E-state index contributed by atoms with van der Waals surface area (Å²) in [6.45, 7) is 14.7. The maximum atomic E-state index is 12.7. The van der Waals surface area contributed by atoms with Crippen LogP contribution in [0.3, 0.4) is 0 Å². The van der Waals surface area contributed by atoms with E-state index in [1.54, 1.807) is 0 Å². The van der Waals surface area contributed by atoms with Gasteiger partial charge in [-0.25, -0.2) is 0 Å². The predicted octanol–water partition coefficient (Wildman–Crippen LogP) is 5.78. The molecule has 1 N–H and O–H groups in total. The van der Waals surface area contributed by atoms with E-state index < -0.39 is 0 Å². The van der Waals surface area contributed by atoms with Gasteiger partial charge in [0.1, 0.15) is 0 Å². The zero-order valence-corrected chi connectivity index (χ0v) is 17.7. The summed E-state index contributed by atoms with van der Waals surface area (Å²) in [5.74, 6) is 0.490. The van der Waals surface area contributed by atoms with Crippen LogP contribution in [0.15, 0.2) is 42.5 Å². The monoisotopic (exact) mass is 366 g/mol. The van der Waals surface area contributed by atoms with Crippen LogP contribution in [0, 0.1) is 12.8 Å². The molecule has 0 bridgehead atoms. The molecule has 0 unspecified atom stereocenters. The molecule has 0 fully saturated rings. The molecular weight excluding hydrogens is 332 g/mol. The number of nitrogens with one attached hydrogen (secondary N) is 1. The Hall–Kier alpha value is -2.29. The van der Waals surface area contributed by atoms with Gasteiger partial charge in [-0.3, -0.25) is 4.79 Å². The molecule has 3 heteroatoms. The molecule has 2 rings (SSSR count). The highest BCUT2D eigenvalue weighted by atomic mass is 16.1. The van der Waals surface area contributed by atoms with Gasteiger partial charge in [-0.2, -0.15) is 0 Å². The van der Waals surface area contributed by atoms with E-state index >= 15 is 0 Å². The lowest BCUT2D eigenvalue weighted by Gasteiger charge is -2.22. The van der Waals surface area contributed by atoms with E-state index in [4.69, 9.17) is 0 Å². The van der Waals surface area contributed by atoms with Crippen molar-refractivity contribution in [2.45, 2.75) is 53.9 Å². The van der Waals surface area contributed by atoms with E-state index in [0.29, 0.717) is 5.92 Å². The van der Waals surface area contributed by atoms with Gasteiger partial charge in [-0.1, -0.05) is 38.1 Å². The molecule has 0 spiro atoms. The van der Waals surface area contributed by atoms with E-state index in [0.717, 1.165) is 36.3 Å². The average molecular weight is 367 g/mol. The number of carbonyl (C=O) groups excluding carboxylic acids is 1. The second-order valence-electron chi connectivity index (χ2n) is 7.72. The van der Waals surface area contributed by atoms with Crippen molar-refractivity contribution < 1.29 is 4.79 Å². The second kappa shape index (κ2) is 9.59. The van der Waals surface area contributed by atoms with Gasteiger partial charge in [0, 0.05) is 24.5 Å². The smallest absolute Gasteiger partial charge is 0.231 e. The highest BCUT2D eigenvalue weighted by Gasteiger charge is 2.16. The summed E-state index contributed by atoms with van der Waals surface area (Å²) < 4.78 is 0. The lowest BCUT2D eigenvalue weighted by Crippen LogP contribution is -2.22. The summed E-state index contributed by atoms with van der Waals surface area (Å²) in [6.07, 6.45) is 1.07. The number of hydrogen-bond acceptors (Lipinski definition) is 2. The summed E-state index contributed by atoms with van der Waals surface area (Å²) in [7, 11) is 0. The Balaban J connectivity index is 2.07. The third-order valence-electron chi connectivity index (χ3n) is 5.11. The Bertz CT molecular complexity index is 745. The summed E-state index contributed by atoms with van der Waals surface area (Å²) >= 11 is 0. The molecule has 0 aliphatic rings. The number of carbonyl (C=O) groups is 1. The number of amides is 1. The number of aryl methyl sites for hydroxylation is 1. The predicted molar refractivity (Wildman–Crippen MR) is 117 cm³/mol. The van der Waals surface area contributed by atoms with Crippen molar-refractivity contribution in [3.8, 4) is 0 Å². The third kappa shape index (κ3) is 5.59. The number of hydrogen-bond donors (Lipinski definition) is 1. The minimum absolute atomic E-state index is 0.0327. The molecule has 0 saturated heterocycles. The standard InChI is InChI=1S/C24H34N2O/c1-7-26(8-2)22-13-14-23(18(5)16-22)25-24(27)19(6)21-11-9-20(10-12-21)15-17(3)4/h9-14,16-17,19H,7-8,15H2,1-6H3,(H,25,27)/t19-/m0/s1. The Morgan fingerprint density at radius 3 is 2.15 bits per heavy atom. The van der Waals surface area contributed by atoms with Gasteiger partial charge >= 0.3 is 0 Å². The zero-order chi connectivity index (χ0) is 20.0. The topological polar surface area (TPSA) is 32.3 Å². The zero-order valence-electron chi connectivity index (χ0n) is 17.7. The van der Waals surface area contributed by atoms with Crippen LogP contribution in [0.1, 0.15) is 57.2 Å². The van der Waals surface area contributed by atoms with E-state index in [1.807, 2.05) is 19.9 Å². The van der Waals surface area contributed by atoms with Crippen molar-refractivity contribution in [1.82, 2.24) is 0 Å². The van der Waals surface area contributed by atoms with Crippen LogP contribution in [0.5, 0.6) is 0 Å². The van der Waals surface area contributed by atoms with Crippen LogP contribution in [0.2, 0.25) is 0 Å². The van der Waals surface area contributed by atoms with Gasteiger partial charge in [0.2, 0.25) is 5.91 Å². The first kappa shape index (κ1) is 21.0. The van der Waals surface area contributed by atoms with Crippen LogP contribution in [0.25, 0.3) is 0 Å². The van der Waals surface area contributed by atoms with Crippen molar-refractivity contribution >= 4 is 17.3 Å². The first-order chi connectivity index (χ1) is 12.8. The molecule has 3 nitrogen and oxygen atoms in total. The SMILES string of the molecule is CCN(CC)c1ccc(NC(=O)[C@@H](C)c2ccc(CC(C)C)cc2)c(C)c1. The normalized spacial score (nSPS) is 12.1. The largest absolute Gasteiger partial charge is 0.372 e. The summed E-state index contributed by atoms with van der Waals surface area (Å²) in [4.78, 5) is 15.0. The van der Waals surface area contributed by atoms with Gasteiger partial charge in [-0.05, 0) is 74.9 Å². The van der Waals surface area contributed by atoms with E-state index in [9.17, 15) is 4.79 Å².